The fourth-order valence-electron chi connectivity index (χ4n) is 3.24. The molecule has 0 amide bonds. The molecule has 0 spiro atoms. The molecule has 212 valence electrons. The minimum atomic E-state index is -3.34. The van der Waals surface area contributed by atoms with Crippen molar-refractivity contribution in [3.8, 4) is 0 Å². The average Bonchev–Trinajstić information content (AvgIpc) is 3.35. The summed E-state index contributed by atoms with van der Waals surface area (Å²) in [5, 5.41) is 3.15. The van der Waals surface area contributed by atoms with Crippen molar-refractivity contribution in [2.75, 3.05) is 39.4 Å². The van der Waals surface area contributed by atoms with Crippen LogP contribution in [0.4, 0.5) is 5.82 Å². The minimum Gasteiger partial charge on any atom is -0.369 e. The van der Waals surface area contributed by atoms with E-state index >= 15 is 0 Å². The lowest BCUT2D eigenvalue weighted by Gasteiger charge is -2.22. The molecule has 1 N–H and O–H groups in total. The standard InChI is InChI=1S/C26H38N7O4PS/c1-6-26(2,3)25(34)39-15-14-37-38(35,31-16-21-10-8-7-9-11-21)20-36-13-12-33-19-29-22-23(30-18-32(4)5)27-17-28-24(22)33/h7-11,17-19H,6,12-16,20H2,1-5H3,(H,31,35). The highest BCUT2D eigenvalue weighted by molar-refractivity contribution is 8.13. The molecule has 1 atom stereocenters. The van der Waals surface area contributed by atoms with Gasteiger partial charge in [0.2, 0.25) is 0 Å². The van der Waals surface area contributed by atoms with Gasteiger partial charge in [-0.15, -0.1) is 0 Å². The lowest BCUT2D eigenvalue weighted by molar-refractivity contribution is -0.118. The topological polar surface area (TPSA) is 124 Å². The second-order valence-corrected chi connectivity index (χ2v) is 13.0. The van der Waals surface area contributed by atoms with E-state index in [0.29, 0.717) is 35.8 Å². The first-order valence-electron chi connectivity index (χ1n) is 12.8. The molecule has 0 aliphatic carbocycles. The Hall–Kier alpha value is -2.63. The Bertz CT molecular complexity index is 1280. The monoisotopic (exact) mass is 575 g/mol. The van der Waals surface area contributed by atoms with E-state index in [1.165, 1.54) is 18.1 Å². The highest BCUT2D eigenvalue weighted by atomic mass is 32.2. The van der Waals surface area contributed by atoms with E-state index < -0.39 is 12.9 Å². The fourth-order valence-corrected chi connectivity index (χ4v) is 5.69. The van der Waals surface area contributed by atoms with Crippen LogP contribution in [0.15, 0.2) is 48.0 Å². The summed E-state index contributed by atoms with van der Waals surface area (Å²) in [6.07, 6.45) is 5.41. The van der Waals surface area contributed by atoms with Crippen LogP contribution in [0.25, 0.3) is 11.2 Å². The number of thioether (sulfide) groups is 1. The van der Waals surface area contributed by atoms with E-state index in [4.69, 9.17) is 9.26 Å². The number of rotatable bonds is 16. The smallest absolute Gasteiger partial charge is 0.295 e. The summed E-state index contributed by atoms with van der Waals surface area (Å²) in [4.78, 5) is 31.5. The van der Waals surface area contributed by atoms with E-state index in [-0.39, 0.29) is 24.7 Å². The highest BCUT2D eigenvalue weighted by Gasteiger charge is 2.27. The molecule has 3 rings (SSSR count). The van der Waals surface area contributed by atoms with Gasteiger partial charge in [0.05, 0.1) is 25.9 Å². The molecule has 39 heavy (non-hydrogen) atoms. The Labute approximate surface area is 234 Å². The first-order chi connectivity index (χ1) is 18.6. The van der Waals surface area contributed by atoms with E-state index in [1.54, 1.807) is 12.7 Å². The van der Waals surface area contributed by atoms with Crippen LogP contribution in [0.1, 0.15) is 32.8 Å². The van der Waals surface area contributed by atoms with Crippen LogP contribution >= 0.6 is 19.3 Å². The van der Waals surface area contributed by atoms with Crippen molar-refractivity contribution in [2.24, 2.45) is 10.4 Å². The number of hydrogen-bond donors (Lipinski definition) is 1. The number of carbonyl (C=O) groups excluding carboxylic acids is 1. The van der Waals surface area contributed by atoms with Crippen molar-refractivity contribution in [3.05, 3.63) is 48.5 Å². The van der Waals surface area contributed by atoms with E-state index in [2.05, 4.69) is 25.0 Å². The number of imidazole rings is 1. The van der Waals surface area contributed by atoms with Crippen molar-refractivity contribution < 1.29 is 18.6 Å². The third-order valence-electron chi connectivity index (χ3n) is 5.95. The van der Waals surface area contributed by atoms with Crippen molar-refractivity contribution in [1.29, 1.82) is 0 Å². The lowest BCUT2D eigenvalue weighted by atomic mass is 9.92. The van der Waals surface area contributed by atoms with Gasteiger partial charge < -0.3 is 18.7 Å². The molecule has 2 heterocycles. The highest BCUT2D eigenvalue weighted by Crippen LogP contribution is 2.43. The molecule has 13 heteroatoms. The Morgan fingerprint density at radius 1 is 1.21 bits per heavy atom. The maximum atomic E-state index is 13.6. The van der Waals surface area contributed by atoms with Crippen LogP contribution < -0.4 is 5.09 Å². The molecule has 1 unspecified atom stereocenters. The van der Waals surface area contributed by atoms with Crippen LogP contribution in [0.3, 0.4) is 0 Å². The number of carbonyl (C=O) groups is 1. The minimum absolute atomic E-state index is 0.101. The van der Waals surface area contributed by atoms with Crippen molar-refractivity contribution in [2.45, 2.75) is 40.3 Å². The number of nitrogens with one attached hydrogen (secondary N) is 1. The van der Waals surface area contributed by atoms with Crippen LogP contribution in [0, 0.1) is 5.41 Å². The molecule has 1 aromatic carbocycles. The second kappa shape index (κ2) is 14.7. The Balaban J connectivity index is 1.57. The quantitative estimate of drug-likeness (QED) is 0.111. The number of hydrogen-bond acceptors (Lipinski definition) is 9. The van der Waals surface area contributed by atoms with Gasteiger partial charge in [-0.05, 0) is 12.0 Å². The lowest BCUT2D eigenvalue weighted by Crippen LogP contribution is -2.21. The van der Waals surface area contributed by atoms with Gasteiger partial charge in [-0.3, -0.25) is 9.36 Å². The molecule has 11 nitrogen and oxygen atoms in total. The zero-order valence-corrected chi connectivity index (χ0v) is 25.0. The van der Waals surface area contributed by atoms with Crippen LogP contribution in [0.5, 0.6) is 0 Å². The van der Waals surface area contributed by atoms with Crippen LogP contribution in [-0.2, 0) is 31.7 Å². The summed E-state index contributed by atoms with van der Waals surface area (Å²) in [5.41, 5.74) is 1.81. The normalized spacial score (nSPS) is 13.7. The molecule has 0 bridgehead atoms. The van der Waals surface area contributed by atoms with Gasteiger partial charge in [0, 0.05) is 38.4 Å². The SMILES string of the molecule is CCC(C)(C)C(=O)SCCOP(=O)(COCCn1cnc2c(N=CN(C)C)ncnc21)NCc1ccccc1. The number of ether oxygens (including phenoxy) is 1. The molecule has 0 saturated carbocycles. The number of aliphatic imine (C=N–C) groups is 1. The summed E-state index contributed by atoms with van der Waals surface area (Å²) in [7, 11) is 0.406. The van der Waals surface area contributed by atoms with Gasteiger partial charge in [-0.1, -0.05) is 62.9 Å². The zero-order valence-electron chi connectivity index (χ0n) is 23.2. The molecular formula is C26H38N7O4PS. The third-order valence-corrected chi connectivity index (χ3v) is 8.90. The van der Waals surface area contributed by atoms with Gasteiger partial charge >= 0.3 is 0 Å². The van der Waals surface area contributed by atoms with E-state index in [9.17, 15) is 9.36 Å². The first kappa shape index (κ1) is 30.9. The molecule has 0 aliphatic rings. The first-order valence-corrected chi connectivity index (χ1v) is 15.6. The van der Waals surface area contributed by atoms with Gasteiger partial charge in [0.1, 0.15) is 12.7 Å². The Kier molecular flexibility index (Phi) is 11.6. The summed E-state index contributed by atoms with van der Waals surface area (Å²) in [6.45, 7) is 7.09. The zero-order chi connectivity index (χ0) is 28.3. The van der Waals surface area contributed by atoms with Crippen molar-refractivity contribution in [3.63, 3.8) is 0 Å². The van der Waals surface area contributed by atoms with E-state index in [0.717, 1.165) is 12.0 Å². The van der Waals surface area contributed by atoms with Crippen LogP contribution in [-0.4, -0.2) is 75.3 Å². The number of benzene rings is 1. The molecule has 3 aromatic rings. The summed E-state index contributed by atoms with van der Waals surface area (Å²) >= 11 is 1.21. The fraction of sp³-hybridized carbons (Fsp3) is 0.500. The molecule has 2 aromatic heterocycles. The van der Waals surface area contributed by atoms with Crippen LogP contribution in [0.2, 0.25) is 0 Å². The molecule has 0 fully saturated rings. The third kappa shape index (κ3) is 9.51. The molecule has 0 radical (unpaired) electrons. The van der Waals surface area contributed by atoms with Gasteiger partial charge in [0.15, 0.2) is 22.1 Å². The van der Waals surface area contributed by atoms with Gasteiger partial charge in [0.25, 0.3) is 7.52 Å². The van der Waals surface area contributed by atoms with E-state index in [1.807, 2.05) is 74.7 Å². The second-order valence-electron chi connectivity index (χ2n) is 9.75. The number of aromatic nitrogens is 4. The summed E-state index contributed by atoms with van der Waals surface area (Å²) < 4.78 is 27.1. The largest absolute Gasteiger partial charge is 0.369 e. The number of fused-ring (bicyclic) bond motifs is 1. The number of nitrogens with zero attached hydrogens (tertiary/aromatic N) is 6. The predicted molar refractivity (Wildman–Crippen MR) is 156 cm³/mol. The average molecular weight is 576 g/mol. The predicted octanol–water partition coefficient (Wildman–Crippen LogP) is 4.72. The Morgan fingerprint density at radius 3 is 2.69 bits per heavy atom. The maximum absolute atomic E-state index is 13.6. The molecular weight excluding hydrogens is 537 g/mol. The van der Waals surface area contributed by atoms with Crippen molar-refractivity contribution in [1.82, 2.24) is 29.5 Å². The van der Waals surface area contributed by atoms with Gasteiger partial charge in [-0.2, -0.15) is 0 Å². The summed E-state index contributed by atoms with van der Waals surface area (Å²) in [5.74, 6) is 0.897. The van der Waals surface area contributed by atoms with Gasteiger partial charge in [-0.25, -0.2) is 25.0 Å². The van der Waals surface area contributed by atoms with Crippen molar-refractivity contribution >= 4 is 47.7 Å². The Morgan fingerprint density at radius 2 is 1.97 bits per heavy atom. The maximum Gasteiger partial charge on any atom is 0.295 e. The molecule has 0 aliphatic heterocycles. The summed E-state index contributed by atoms with van der Waals surface area (Å²) in [6, 6.07) is 9.67. The molecule has 0 saturated heterocycles.